The lowest BCUT2D eigenvalue weighted by molar-refractivity contribution is 0.0248. The van der Waals surface area contributed by atoms with Gasteiger partial charge in [0, 0.05) is 6.42 Å². The number of esters is 1. The van der Waals surface area contributed by atoms with E-state index in [1.165, 1.54) is 11.6 Å². The molecule has 19 heavy (non-hydrogen) atoms. The Balaban J connectivity index is 1.97. The predicted molar refractivity (Wildman–Crippen MR) is 71.1 cm³/mol. The van der Waals surface area contributed by atoms with Crippen LogP contribution in [0.3, 0.4) is 0 Å². The van der Waals surface area contributed by atoms with Crippen molar-refractivity contribution in [1.82, 2.24) is 0 Å². The Morgan fingerprint density at radius 1 is 1.16 bits per heavy atom. The van der Waals surface area contributed by atoms with Crippen LogP contribution >= 0.6 is 0 Å². The molecule has 3 nitrogen and oxygen atoms in total. The second-order valence-electron chi connectivity index (χ2n) is 4.82. The highest BCUT2D eigenvalue weighted by molar-refractivity contribution is 5.95. The lowest BCUT2D eigenvalue weighted by Crippen LogP contribution is -2.21. The standard InChI is InChI=1S/C16H14O3/c1-10-5-7-11(8-6-10)14-9-12-3-2-4-13(17)15(12)16(18)19-14/h2-8,14,17H,9H2,1H3. The number of phenolic OH excluding ortho intramolecular Hbond substituents is 1. The van der Waals surface area contributed by atoms with Crippen molar-refractivity contribution in [3.63, 3.8) is 0 Å². The average Bonchev–Trinajstić information content (AvgIpc) is 2.39. The summed E-state index contributed by atoms with van der Waals surface area (Å²) in [4.78, 5) is 12.0. The number of carbonyl (C=O) groups is 1. The maximum atomic E-state index is 12.0. The number of benzene rings is 2. The molecule has 0 saturated heterocycles. The molecule has 0 fully saturated rings. The Bertz CT molecular complexity index is 629. The number of hydrogen-bond donors (Lipinski definition) is 1. The van der Waals surface area contributed by atoms with E-state index in [0.717, 1.165) is 11.1 Å². The van der Waals surface area contributed by atoms with Crippen molar-refractivity contribution in [2.75, 3.05) is 0 Å². The van der Waals surface area contributed by atoms with Crippen molar-refractivity contribution < 1.29 is 14.6 Å². The first-order valence-corrected chi connectivity index (χ1v) is 6.23. The fourth-order valence-corrected chi connectivity index (χ4v) is 2.39. The maximum absolute atomic E-state index is 12.0. The Morgan fingerprint density at radius 2 is 1.89 bits per heavy atom. The van der Waals surface area contributed by atoms with Crippen molar-refractivity contribution in [3.8, 4) is 5.75 Å². The first-order valence-electron chi connectivity index (χ1n) is 6.23. The van der Waals surface area contributed by atoms with Crippen molar-refractivity contribution in [3.05, 3.63) is 64.7 Å². The highest BCUT2D eigenvalue weighted by atomic mass is 16.5. The van der Waals surface area contributed by atoms with E-state index in [1.54, 1.807) is 6.07 Å². The number of cyclic esters (lactones) is 1. The van der Waals surface area contributed by atoms with Gasteiger partial charge in [0.05, 0.1) is 0 Å². The van der Waals surface area contributed by atoms with E-state index in [-0.39, 0.29) is 11.9 Å². The van der Waals surface area contributed by atoms with Crippen LogP contribution in [0.2, 0.25) is 0 Å². The molecule has 2 aromatic carbocycles. The second kappa shape index (κ2) is 4.43. The zero-order chi connectivity index (χ0) is 13.4. The lowest BCUT2D eigenvalue weighted by Gasteiger charge is -2.25. The van der Waals surface area contributed by atoms with Crippen LogP contribution in [0.5, 0.6) is 5.75 Å². The number of hydrogen-bond acceptors (Lipinski definition) is 3. The fraction of sp³-hybridized carbons (Fsp3) is 0.188. The molecule has 96 valence electrons. The molecule has 1 heterocycles. The SMILES string of the molecule is Cc1ccc(C2Cc3cccc(O)c3C(=O)O2)cc1. The van der Waals surface area contributed by atoms with Crippen molar-refractivity contribution in [2.45, 2.75) is 19.4 Å². The Labute approximate surface area is 111 Å². The number of aromatic hydroxyl groups is 1. The van der Waals surface area contributed by atoms with E-state index in [2.05, 4.69) is 0 Å². The summed E-state index contributed by atoms with van der Waals surface area (Å²) in [6, 6.07) is 13.1. The molecule has 1 atom stereocenters. The Kier molecular flexibility index (Phi) is 2.75. The van der Waals surface area contributed by atoms with Gasteiger partial charge in [-0.05, 0) is 24.1 Å². The van der Waals surface area contributed by atoms with Gasteiger partial charge in [-0.1, -0.05) is 42.0 Å². The minimum atomic E-state index is -0.454. The maximum Gasteiger partial charge on any atom is 0.342 e. The zero-order valence-corrected chi connectivity index (χ0v) is 10.6. The molecule has 3 rings (SSSR count). The van der Waals surface area contributed by atoms with Crippen LogP contribution in [0, 0.1) is 6.92 Å². The molecular weight excluding hydrogens is 240 g/mol. The van der Waals surface area contributed by atoms with Crippen LogP contribution in [-0.2, 0) is 11.2 Å². The highest BCUT2D eigenvalue weighted by Gasteiger charge is 2.29. The summed E-state index contributed by atoms with van der Waals surface area (Å²) in [5.41, 5.74) is 3.28. The Hall–Kier alpha value is -2.29. The first-order chi connectivity index (χ1) is 9.15. The van der Waals surface area contributed by atoms with Crippen LogP contribution in [0.1, 0.15) is 33.2 Å². The third-order valence-corrected chi connectivity index (χ3v) is 3.44. The number of fused-ring (bicyclic) bond motifs is 1. The van der Waals surface area contributed by atoms with Gasteiger partial charge >= 0.3 is 5.97 Å². The molecule has 1 unspecified atom stereocenters. The summed E-state index contributed by atoms with van der Waals surface area (Å²) < 4.78 is 5.42. The van der Waals surface area contributed by atoms with Crippen molar-refractivity contribution in [2.24, 2.45) is 0 Å². The smallest absolute Gasteiger partial charge is 0.342 e. The van der Waals surface area contributed by atoms with Gasteiger partial charge in [-0.25, -0.2) is 4.79 Å². The summed E-state index contributed by atoms with van der Waals surface area (Å²) in [6.07, 6.45) is 0.320. The summed E-state index contributed by atoms with van der Waals surface area (Å²) in [5, 5.41) is 9.72. The molecule has 1 N–H and O–H groups in total. The third-order valence-electron chi connectivity index (χ3n) is 3.44. The van der Waals surface area contributed by atoms with E-state index in [0.29, 0.717) is 12.0 Å². The van der Waals surface area contributed by atoms with Crippen LogP contribution in [-0.4, -0.2) is 11.1 Å². The van der Waals surface area contributed by atoms with Gasteiger partial charge < -0.3 is 9.84 Å². The summed E-state index contributed by atoms with van der Waals surface area (Å²) in [7, 11) is 0. The van der Waals surface area contributed by atoms with Gasteiger partial charge in [-0.3, -0.25) is 0 Å². The number of ether oxygens (including phenoxy) is 1. The Morgan fingerprint density at radius 3 is 2.63 bits per heavy atom. The normalized spacial score (nSPS) is 17.7. The van der Waals surface area contributed by atoms with E-state index in [4.69, 9.17) is 4.74 Å². The second-order valence-corrected chi connectivity index (χ2v) is 4.82. The van der Waals surface area contributed by atoms with E-state index < -0.39 is 5.97 Å². The average molecular weight is 254 g/mol. The monoisotopic (exact) mass is 254 g/mol. The highest BCUT2D eigenvalue weighted by Crippen LogP contribution is 2.34. The molecule has 0 bridgehead atoms. The van der Waals surface area contributed by atoms with Gasteiger partial charge in [-0.15, -0.1) is 0 Å². The molecule has 0 saturated carbocycles. The minimum Gasteiger partial charge on any atom is -0.507 e. The molecule has 0 aliphatic carbocycles. The molecule has 1 aliphatic rings. The van der Waals surface area contributed by atoms with Gasteiger partial charge in [0.1, 0.15) is 17.4 Å². The van der Waals surface area contributed by atoms with Gasteiger partial charge in [0.15, 0.2) is 0 Å². The number of rotatable bonds is 1. The van der Waals surface area contributed by atoms with E-state index in [9.17, 15) is 9.90 Å². The lowest BCUT2D eigenvalue weighted by atomic mass is 9.94. The summed E-state index contributed by atoms with van der Waals surface area (Å²) in [5.74, 6) is -0.463. The van der Waals surface area contributed by atoms with Crippen LogP contribution in [0.15, 0.2) is 42.5 Å². The van der Waals surface area contributed by atoms with Gasteiger partial charge in [0.25, 0.3) is 0 Å². The fourth-order valence-electron chi connectivity index (χ4n) is 2.39. The van der Waals surface area contributed by atoms with E-state index >= 15 is 0 Å². The quantitative estimate of drug-likeness (QED) is 0.795. The molecule has 0 radical (unpaired) electrons. The summed E-state index contributed by atoms with van der Waals surface area (Å²) in [6.45, 7) is 2.02. The zero-order valence-electron chi connectivity index (χ0n) is 10.6. The number of aryl methyl sites for hydroxylation is 1. The van der Waals surface area contributed by atoms with Crippen LogP contribution in [0.4, 0.5) is 0 Å². The topological polar surface area (TPSA) is 46.5 Å². The largest absolute Gasteiger partial charge is 0.507 e. The molecular formula is C16H14O3. The van der Waals surface area contributed by atoms with Crippen molar-refractivity contribution >= 4 is 5.97 Å². The molecule has 2 aromatic rings. The van der Waals surface area contributed by atoms with Crippen molar-refractivity contribution in [1.29, 1.82) is 0 Å². The number of phenols is 1. The summed E-state index contributed by atoms with van der Waals surface area (Å²) >= 11 is 0. The van der Waals surface area contributed by atoms with Gasteiger partial charge in [0.2, 0.25) is 0 Å². The molecule has 1 aliphatic heterocycles. The molecule has 0 amide bonds. The van der Waals surface area contributed by atoms with E-state index in [1.807, 2.05) is 37.3 Å². The van der Waals surface area contributed by atoms with Crippen LogP contribution < -0.4 is 0 Å². The third kappa shape index (κ3) is 2.08. The number of carbonyl (C=O) groups excluding carboxylic acids is 1. The van der Waals surface area contributed by atoms with Crippen LogP contribution in [0.25, 0.3) is 0 Å². The predicted octanol–water partition coefficient (Wildman–Crippen LogP) is 3.15. The molecule has 3 heteroatoms. The molecule has 0 aromatic heterocycles. The molecule has 0 spiro atoms. The van der Waals surface area contributed by atoms with Gasteiger partial charge in [-0.2, -0.15) is 0 Å². The first kappa shape index (κ1) is 11.8. The minimum absolute atomic E-state index is 0.00939.